The summed E-state index contributed by atoms with van der Waals surface area (Å²) in [6, 6.07) is 5.19. The van der Waals surface area contributed by atoms with Crippen LogP contribution in [0.5, 0.6) is 0 Å². The largest absolute Gasteiger partial charge is 0.350 e. The summed E-state index contributed by atoms with van der Waals surface area (Å²) in [7, 11) is 0. The van der Waals surface area contributed by atoms with Crippen LogP contribution >= 0.6 is 11.3 Å². The van der Waals surface area contributed by atoms with Gasteiger partial charge in [0.05, 0.1) is 4.88 Å². The number of carbonyl (C=O) groups excluding carboxylic acids is 1. The Bertz CT molecular complexity index is 762. The zero-order valence-electron chi connectivity index (χ0n) is 14.8. The Morgan fingerprint density at radius 1 is 1.16 bits per heavy atom. The van der Waals surface area contributed by atoms with Crippen LogP contribution in [-0.2, 0) is 0 Å². The molecular weight excluding hydrogens is 332 g/mol. The maximum absolute atomic E-state index is 12.7. The second-order valence-corrected chi connectivity index (χ2v) is 8.03. The molecule has 5 nitrogen and oxygen atoms in total. The van der Waals surface area contributed by atoms with Crippen LogP contribution in [0.3, 0.4) is 0 Å². The number of aromatic nitrogens is 2. The first-order valence-electron chi connectivity index (χ1n) is 9.04. The minimum absolute atomic E-state index is 0.196. The van der Waals surface area contributed by atoms with E-state index in [2.05, 4.69) is 20.9 Å². The number of amides is 1. The molecule has 3 heterocycles. The molecule has 0 N–H and O–H groups in total. The van der Waals surface area contributed by atoms with Gasteiger partial charge in [0.1, 0.15) is 12.1 Å². The zero-order valence-corrected chi connectivity index (χ0v) is 15.6. The number of nitrogens with zero attached hydrogens (tertiary/aromatic N) is 4. The van der Waals surface area contributed by atoms with Gasteiger partial charge in [-0.05, 0) is 56.5 Å². The lowest BCUT2D eigenvalue weighted by Gasteiger charge is -2.39. The van der Waals surface area contributed by atoms with E-state index in [9.17, 15) is 4.79 Å². The number of aryl methyl sites for hydroxylation is 2. The maximum Gasteiger partial charge on any atom is 0.264 e. The summed E-state index contributed by atoms with van der Waals surface area (Å²) in [4.78, 5) is 26.9. The molecule has 0 radical (unpaired) electrons. The molecule has 1 saturated carbocycles. The second kappa shape index (κ2) is 6.75. The van der Waals surface area contributed by atoms with Crippen LogP contribution in [0.15, 0.2) is 23.8 Å². The highest BCUT2D eigenvalue weighted by Crippen LogP contribution is 2.35. The molecule has 1 saturated heterocycles. The van der Waals surface area contributed by atoms with Gasteiger partial charge in [-0.3, -0.25) is 4.79 Å². The number of rotatable bonds is 4. The van der Waals surface area contributed by atoms with Crippen molar-refractivity contribution in [2.45, 2.75) is 51.6 Å². The van der Waals surface area contributed by atoms with E-state index in [1.165, 1.54) is 12.8 Å². The number of likely N-dealkylation sites (tertiary alicyclic amines) is 1. The summed E-state index contributed by atoms with van der Waals surface area (Å²) in [5.41, 5.74) is 2.10. The first-order chi connectivity index (χ1) is 12.1. The normalized spacial score (nSPS) is 18.4. The van der Waals surface area contributed by atoms with Crippen molar-refractivity contribution < 1.29 is 4.79 Å². The molecule has 6 heteroatoms. The second-order valence-electron chi connectivity index (χ2n) is 7.11. The minimum atomic E-state index is 0.196. The lowest BCUT2D eigenvalue weighted by molar-refractivity contribution is 0.0716. The Balaban J connectivity index is 1.45. The molecular formula is C19H24N4OS. The van der Waals surface area contributed by atoms with Crippen LogP contribution in [0.1, 0.15) is 46.6 Å². The van der Waals surface area contributed by atoms with Crippen molar-refractivity contribution in [2.75, 3.05) is 18.0 Å². The first kappa shape index (κ1) is 16.5. The Morgan fingerprint density at radius 2 is 1.88 bits per heavy atom. The van der Waals surface area contributed by atoms with Crippen molar-refractivity contribution in [1.29, 1.82) is 0 Å². The summed E-state index contributed by atoms with van der Waals surface area (Å²) in [5.74, 6) is 1.25. The summed E-state index contributed by atoms with van der Waals surface area (Å²) >= 11 is 1.55. The van der Waals surface area contributed by atoms with Gasteiger partial charge in [0.25, 0.3) is 5.91 Å². The fourth-order valence-corrected chi connectivity index (χ4v) is 4.58. The number of hydrogen-bond donors (Lipinski definition) is 0. The van der Waals surface area contributed by atoms with E-state index in [0.717, 1.165) is 47.9 Å². The Kier molecular flexibility index (Phi) is 4.46. The van der Waals surface area contributed by atoms with E-state index >= 15 is 0 Å². The fraction of sp³-hybridized carbons (Fsp3) is 0.526. The molecule has 1 aliphatic carbocycles. The van der Waals surface area contributed by atoms with Crippen LogP contribution in [0.25, 0.3) is 0 Å². The average Bonchev–Trinajstić information content (AvgIpc) is 3.35. The van der Waals surface area contributed by atoms with Crippen molar-refractivity contribution in [1.82, 2.24) is 14.9 Å². The molecule has 2 aromatic heterocycles. The third-order valence-corrected chi connectivity index (χ3v) is 6.20. The van der Waals surface area contributed by atoms with Crippen molar-refractivity contribution in [3.05, 3.63) is 40.0 Å². The molecule has 0 unspecified atom stereocenters. The lowest BCUT2D eigenvalue weighted by Crippen LogP contribution is -2.48. The molecule has 0 aromatic carbocycles. The molecule has 2 aromatic rings. The molecule has 1 aliphatic heterocycles. The fourth-order valence-electron chi connectivity index (χ4n) is 3.69. The Morgan fingerprint density at radius 3 is 2.48 bits per heavy atom. The molecule has 0 spiro atoms. The van der Waals surface area contributed by atoms with Crippen molar-refractivity contribution in [3.63, 3.8) is 0 Å². The quantitative estimate of drug-likeness (QED) is 0.842. The van der Waals surface area contributed by atoms with Crippen LogP contribution in [0.4, 0.5) is 5.82 Å². The SMILES string of the molecule is Cc1cc(N(C2CC2)C2CCN(C(=O)c3sccc3C)CC2)ncn1. The molecule has 0 atom stereocenters. The van der Waals surface area contributed by atoms with E-state index in [1.807, 2.05) is 30.2 Å². The highest BCUT2D eigenvalue weighted by Gasteiger charge is 2.37. The van der Waals surface area contributed by atoms with E-state index in [4.69, 9.17) is 0 Å². The van der Waals surface area contributed by atoms with Crippen molar-refractivity contribution in [2.24, 2.45) is 0 Å². The lowest BCUT2D eigenvalue weighted by atomic mass is 10.0. The zero-order chi connectivity index (χ0) is 17.4. The average molecular weight is 356 g/mol. The number of carbonyl (C=O) groups is 1. The predicted octanol–water partition coefficient (Wildman–Crippen LogP) is 3.43. The maximum atomic E-state index is 12.7. The van der Waals surface area contributed by atoms with Gasteiger partial charge < -0.3 is 9.80 Å². The van der Waals surface area contributed by atoms with Gasteiger partial charge >= 0.3 is 0 Å². The number of piperidine rings is 1. The molecule has 2 aliphatic rings. The van der Waals surface area contributed by atoms with Gasteiger partial charge in [0.2, 0.25) is 0 Å². The highest BCUT2D eigenvalue weighted by atomic mass is 32.1. The van der Waals surface area contributed by atoms with Gasteiger partial charge in [-0.15, -0.1) is 11.3 Å². The van der Waals surface area contributed by atoms with Crippen LogP contribution in [-0.4, -0.2) is 45.9 Å². The third kappa shape index (κ3) is 3.40. The molecule has 4 rings (SSSR count). The van der Waals surface area contributed by atoms with Crippen LogP contribution < -0.4 is 4.90 Å². The molecule has 1 amide bonds. The standard InChI is InChI=1S/C19H24N4OS/c1-13-7-10-25-18(13)19(24)22-8-5-16(6-9-22)23(15-3-4-15)17-11-14(2)20-12-21-17/h7,10-12,15-16H,3-6,8-9H2,1-2H3. The van der Waals surface area contributed by atoms with E-state index < -0.39 is 0 Å². The molecule has 2 fully saturated rings. The molecule has 132 valence electrons. The third-order valence-electron chi connectivity index (χ3n) is 5.20. The van der Waals surface area contributed by atoms with E-state index in [1.54, 1.807) is 17.7 Å². The topological polar surface area (TPSA) is 49.3 Å². The minimum Gasteiger partial charge on any atom is -0.350 e. The first-order valence-corrected chi connectivity index (χ1v) is 9.92. The number of hydrogen-bond acceptors (Lipinski definition) is 5. The molecule has 0 bridgehead atoms. The Hall–Kier alpha value is -1.95. The summed E-state index contributed by atoms with van der Waals surface area (Å²) in [5, 5.41) is 2.00. The summed E-state index contributed by atoms with van der Waals surface area (Å²) in [6.45, 7) is 5.69. The van der Waals surface area contributed by atoms with Crippen LogP contribution in [0.2, 0.25) is 0 Å². The van der Waals surface area contributed by atoms with E-state index in [0.29, 0.717) is 12.1 Å². The highest BCUT2D eigenvalue weighted by molar-refractivity contribution is 7.12. The van der Waals surface area contributed by atoms with Gasteiger partial charge in [-0.1, -0.05) is 0 Å². The van der Waals surface area contributed by atoms with Gasteiger partial charge in [-0.2, -0.15) is 0 Å². The number of anilines is 1. The summed E-state index contributed by atoms with van der Waals surface area (Å²) in [6.07, 6.45) is 6.18. The van der Waals surface area contributed by atoms with Crippen molar-refractivity contribution >= 4 is 23.1 Å². The Labute approximate surface area is 152 Å². The van der Waals surface area contributed by atoms with E-state index in [-0.39, 0.29) is 5.91 Å². The van der Waals surface area contributed by atoms with Gasteiger partial charge in [-0.25, -0.2) is 9.97 Å². The van der Waals surface area contributed by atoms with Crippen molar-refractivity contribution in [3.8, 4) is 0 Å². The molecule has 25 heavy (non-hydrogen) atoms. The summed E-state index contributed by atoms with van der Waals surface area (Å²) < 4.78 is 0. The van der Waals surface area contributed by atoms with Gasteiger partial charge in [0.15, 0.2) is 0 Å². The monoisotopic (exact) mass is 356 g/mol. The number of thiophene rings is 1. The smallest absolute Gasteiger partial charge is 0.264 e. The van der Waals surface area contributed by atoms with Crippen LogP contribution in [0, 0.1) is 13.8 Å². The van der Waals surface area contributed by atoms with Gasteiger partial charge in [0, 0.05) is 36.9 Å². The predicted molar refractivity (Wildman–Crippen MR) is 100 cm³/mol.